The highest BCUT2D eigenvalue weighted by Gasteiger charge is 2.26. The highest BCUT2D eigenvalue weighted by atomic mass is 16.5. The summed E-state index contributed by atoms with van der Waals surface area (Å²) in [5.74, 6) is 0.484. The zero-order valence-corrected chi connectivity index (χ0v) is 12.3. The molecule has 0 aliphatic heterocycles. The van der Waals surface area contributed by atoms with E-state index in [0.717, 1.165) is 24.1 Å². The number of hydrogen-bond donors (Lipinski definition) is 1. The average molecular weight is 275 g/mol. The molecule has 0 saturated heterocycles. The zero-order valence-electron chi connectivity index (χ0n) is 12.3. The lowest BCUT2D eigenvalue weighted by molar-refractivity contribution is -0.153. The molecule has 1 aliphatic rings. The van der Waals surface area contributed by atoms with E-state index in [1.165, 1.54) is 19.3 Å². The van der Waals surface area contributed by atoms with Crippen LogP contribution in [0.3, 0.4) is 0 Å². The van der Waals surface area contributed by atoms with Gasteiger partial charge in [-0.05, 0) is 55.7 Å². The molecule has 0 heterocycles. The quantitative estimate of drug-likeness (QED) is 0.658. The second kappa shape index (κ2) is 7.32. The number of ether oxygens (including phenoxy) is 1. The first-order chi connectivity index (χ1) is 9.69. The molecule has 0 aromatic heterocycles. The average Bonchev–Trinajstić information content (AvgIpc) is 2.46. The van der Waals surface area contributed by atoms with Crippen LogP contribution in [0.5, 0.6) is 0 Å². The van der Waals surface area contributed by atoms with Gasteiger partial charge >= 0.3 is 5.97 Å². The van der Waals surface area contributed by atoms with Gasteiger partial charge in [0.15, 0.2) is 0 Å². The van der Waals surface area contributed by atoms with Crippen LogP contribution in [0.15, 0.2) is 24.3 Å². The summed E-state index contributed by atoms with van der Waals surface area (Å²) in [6, 6.07) is 7.70. The summed E-state index contributed by atoms with van der Waals surface area (Å²) < 4.78 is 5.68. The smallest absolute Gasteiger partial charge is 0.306 e. The first-order valence-electron chi connectivity index (χ1n) is 7.73. The van der Waals surface area contributed by atoms with Crippen molar-refractivity contribution in [3.63, 3.8) is 0 Å². The molecule has 1 fully saturated rings. The van der Waals surface area contributed by atoms with E-state index < -0.39 is 0 Å². The molecular weight excluding hydrogens is 250 g/mol. The van der Waals surface area contributed by atoms with Gasteiger partial charge in [0.25, 0.3) is 0 Å². The monoisotopic (exact) mass is 275 g/mol. The fraction of sp³-hybridized carbons (Fsp3) is 0.588. The van der Waals surface area contributed by atoms with Crippen molar-refractivity contribution in [1.82, 2.24) is 0 Å². The standard InChI is InChI=1S/C17H25NO2/c1-2-14-7-3-4-9-16(14)20-17(19)11-10-13-6-5-8-15(18)12-13/h5-6,8,12,14,16H,2-4,7,9-11,18H2,1H3. The largest absolute Gasteiger partial charge is 0.462 e. The molecule has 2 rings (SSSR count). The summed E-state index contributed by atoms with van der Waals surface area (Å²) in [6.07, 6.45) is 7.07. The van der Waals surface area contributed by atoms with Gasteiger partial charge in [0, 0.05) is 12.1 Å². The number of benzene rings is 1. The highest BCUT2D eigenvalue weighted by molar-refractivity contribution is 5.70. The van der Waals surface area contributed by atoms with E-state index in [2.05, 4.69) is 6.92 Å². The summed E-state index contributed by atoms with van der Waals surface area (Å²) in [5, 5.41) is 0. The van der Waals surface area contributed by atoms with E-state index in [-0.39, 0.29) is 12.1 Å². The molecular formula is C17H25NO2. The Morgan fingerprint density at radius 1 is 1.35 bits per heavy atom. The molecule has 3 heteroatoms. The number of carbonyl (C=O) groups excluding carboxylic acids is 1. The summed E-state index contributed by atoms with van der Waals surface area (Å²) in [7, 11) is 0. The first kappa shape index (κ1) is 14.9. The maximum absolute atomic E-state index is 12.0. The molecule has 3 nitrogen and oxygen atoms in total. The zero-order chi connectivity index (χ0) is 14.4. The lowest BCUT2D eigenvalue weighted by Crippen LogP contribution is -2.29. The van der Waals surface area contributed by atoms with Crippen molar-refractivity contribution in [1.29, 1.82) is 0 Å². The molecule has 1 aromatic rings. The van der Waals surface area contributed by atoms with Crippen molar-refractivity contribution in [2.24, 2.45) is 5.92 Å². The lowest BCUT2D eigenvalue weighted by atomic mass is 9.85. The summed E-state index contributed by atoms with van der Waals surface area (Å²) in [4.78, 5) is 12.0. The van der Waals surface area contributed by atoms with Gasteiger partial charge in [-0.15, -0.1) is 0 Å². The number of carbonyl (C=O) groups is 1. The predicted octanol–water partition coefficient (Wildman–Crippen LogP) is 3.71. The number of rotatable bonds is 5. The predicted molar refractivity (Wildman–Crippen MR) is 81.3 cm³/mol. The maximum Gasteiger partial charge on any atom is 0.306 e. The number of hydrogen-bond acceptors (Lipinski definition) is 3. The normalized spacial score (nSPS) is 22.4. The van der Waals surface area contributed by atoms with Gasteiger partial charge in [0.2, 0.25) is 0 Å². The molecule has 0 spiro atoms. The first-order valence-corrected chi connectivity index (χ1v) is 7.73. The van der Waals surface area contributed by atoms with Crippen LogP contribution in [0.2, 0.25) is 0 Å². The Morgan fingerprint density at radius 2 is 2.15 bits per heavy atom. The van der Waals surface area contributed by atoms with E-state index in [4.69, 9.17) is 10.5 Å². The second-order valence-corrected chi connectivity index (χ2v) is 5.73. The van der Waals surface area contributed by atoms with Gasteiger partial charge in [-0.2, -0.15) is 0 Å². The van der Waals surface area contributed by atoms with Crippen molar-refractivity contribution in [2.45, 2.75) is 58.0 Å². The Balaban J connectivity index is 1.80. The van der Waals surface area contributed by atoms with Crippen molar-refractivity contribution in [3.05, 3.63) is 29.8 Å². The summed E-state index contributed by atoms with van der Waals surface area (Å²) in [5.41, 5.74) is 7.57. The highest BCUT2D eigenvalue weighted by Crippen LogP contribution is 2.29. The summed E-state index contributed by atoms with van der Waals surface area (Å²) >= 11 is 0. The topological polar surface area (TPSA) is 52.3 Å². The third-order valence-corrected chi connectivity index (χ3v) is 4.22. The molecule has 0 bridgehead atoms. The van der Waals surface area contributed by atoms with Gasteiger partial charge in [-0.3, -0.25) is 4.79 Å². The van der Waals surface area contributed by atoms with Gasteiger partial charge in [-0.25, -0.2) is 0 Å². The maximum atomic E-state index is 12.0. The van der Waals surface area contributed by atoms with Crippen molar-refractivity contribution < 1.29 is 9.53 Å². The third kappa shape index (κ3) is 4.26. The Bertz CT molecular complexity index is 444. The Hall–Kier alpha value is -1.51. The molecule has 2 unspecified atom stereocenters. The van der Waals surface area contributed by atoms with Crippen molar-refractivity contribution in [2.75, 3.05) is 5.73 Å². The molecule has 0 radical (unpaired) electrons. The lowest BCUT2D eigenvalue weighted by Gasteiger charge is -2.30. The Kier molecular flexibility index (Phi) is 5.45. The minimum Gasteiger partial charge on any atom is -0.462 e. The van der Waals surface area contributed by atoms with E-state index in [1.807, 2.05) is 24.3 Å². The SMILES string of the molecule is CCC1CCCCC1OC(=O)CCc1cccc(N)c1. The fourth-order valence-corrected chi connectivity index (χ4v) is 3.02. The van der Waals surface area contributed by atoms with Crippen LogP contribution in [-0.2, 0) is 16.0 Å². The molecule has 1 aromatic carbocycles. The van der Waals surface area contributed by atoms with E-state index in [0.29, 0.717) is 18.8 Å². The number of aryl methyl sites for hydroxylation is 1. The van der Waals surface area contributed by atoms with Crippen LogP contribution in [0, 0.1) is 5.92 Å². The van der Waals surface area contributed by atoms with Crippen LogP contribution in [0.4, 0.5) is 5.69 Å². The molecule has 1 aliphatic carbocycles. The van der Waals surface area contributed by atoms with Gasteiger partial charge in [0.1, 0.15) is 6.10 Å². The molecule has 2 atom stereocenters. The van der Waals surface area contributed by atoms with Crippen molar-refractivity contribution >= 4 is 11.7 Å². The Labute approximate surface area is 121 Å². The molecule has 2 N–H and O–H groups in total. The fourth-order valence-electron chi connectivity index (χ4n) is 3.02. The van der Waals surface area contributed by atoms with Crippen LogP contribution in [-0.4, -0.2) is 12.1 Å². The second-order valence-electron chi connectivity index (χ2n) is 5.73. The molecule has 110 valence electrons. The van der Waals surface area contributed by atoms with Crippen molar-refractivity contribution in [3.8, 4) is 0 Å². The number of esters is 1. The van der Waals surface area contributed by atoms with E-state index in [1.54, 1.807) is 0 Å². The van der Waals surface area contributed by atoms with Crippen LogP contribution in [0.25, 0.3) is 0 Å². The number of nitrogen functional groups attached to an aromatic ring is 1. The van der Waals surface area contributed by atoms with Gasteiger partial charge in [-0.1, -0.05) is 25.5 Å². The Morgan fingerprint density at radius 3 is 2.90 bits per heavy atom. The number of nitrogens with two attached hydrogens (primary N) is 1. The molecule has 0 amide bonds. The van der Waals surface area contributed by atoms with Gasteiger partial charge < -0.3 is 10.5 Å². The summed E-state index contributed by atoms with van der Waals surface area (Å²) in [6.45, 7) is 2.18. The molecule has 1 saturated carbocycles. The van der Waals surface area contributed by atoms with Crippen LogP contribution >= 0.6 is 0 Å². The van der Waals surface area contributed by atoms with E-state index >= 15 is 0 Å². The van der Waals surface area contributed by atoms with E-state index in [9.17, 15) is 4.79 Å². The minimum atomic E-state index is -0.0715. The number of anilines is 1. The van der Waals surface area contributed by atoms with Gasteiger partial charge in [0.05, 0.1) is 0 Å². The molecule has 20 heavy (non-hydrogen) atoms. The third-order valence-electron chi connectivity index (χ3n) is 4.22. The minimum absolute atomic E-state index is 0.0715. The van der Waals surface area contributed by atoms with Crippen LogP contribution < -0.4 is 5.73 Å². The van der Waals surface area contributed by atoms with Crippen LogP contribution in [0.1, 0.15) is 51.0 Å².